The van der Waals surface area contributed by atoms with Gasteiger partial charge in [-0.1, -0.05) is 60.7 Å². The van der Waals surface area contributed by atoms with Crippen LogP contribution in [0.25, 0.3) is 0 Å². The maximum Gasteiger partial charge on any atom is 0.393 e. The minimum absolute atomic E-state index is 0.210. The van der Waals surface area contributed by atoms with Gasteiger partial charge in [0.05, 0.1) is 6.04 Å². The number of hydrogen-bond acceptors (Lipinski definition) is 1. The van der Waals surface area contributed by atoms with Crippen molar-refractivity contribution in [2.75, 3.05) is 0 Å². The number of carbonyl (C=O) groups excluding carboxylic acids is 1. The fourth-order valence-corrected chi connectivity index (χ4v) is 3.30. The van der Waals surface area contributed by atoms with E-state index >= 15 is 0 Å². The van der Waals surface area contributed by atoms with Crippen molar-refractivity contribution in [1.82, 2.24) is 5.32 Å². The SMILES string of the molecule is O=C(NC(c1ccccc1)c1ccccc1)C(F)(F)C(F)(F)C(F)(F)C(F)(F)C(F)(F)C(F)(F)C(F)(F)C(F)(F)Cl. The molecule has 0 bridgehead atoms. The van der Waals surface area contributed by atoms with Crippen molar-refractivity contribution in [1.29, 1.82) is 0 Å². The molecule has 2 aromatic rings. The Kier molecular flexibility index (Phi) is 8.71. The largest absolute Gasteiger partial charge is 0.393 e. The average Bonchev–Trinajstić information content (AvgIpc) is 2.86. The number of halogens is 17. The Balaban J connectivity index is 2.58. The molecule has 0 unspecified atom stereocenters. The highest BCUT2D eigenvalue weighted by Crippen LogP contribution is 2.64. The van der Waals surface area contributed by atoms with Gasteiger partial charge in [0.25, 0.3) is 5.91 Å². The molecule has 0 saturated carbocycles. The molecule has 0 aliphatic rings. The highest BCUT2D eigenvalue weighted by atomic mass is 35.5. The molecule has 1 N–H and O–H groups in total. The summed E-state index contributed by atoms with van der Waals surface area (Å²) in [5.74, 6) is -60.7. The number of alkyl halides is 17. The first-order chi connectivity index (χ1) is 18.2. The van der Waals surface area contributed by atoms with Crippen LogP contribution in [0.15, 0.2) is 60.7 Å². The molecule has 0 heterocycles. The Labute approximate surface area is 223 Å². The summed E-state index contributed by atoms with van der Waals surface area (Å²) in [6, 6.07) is 9.88. The molecule has 230 valence electrons. The van der Waals surface area contributed by atoms with E-state index in [1.807, 2.05) is 0 Å². The van der Waals surface area contributed by atoms with Crippen LogP contribution in [0, 0.1) is 0 Å². The number of rotatable bonds is 11. The zero-order chi connectivity index (χ0) is 32.1. The van der Waals surface area contributed by atoms with Gasteiger partial charge in [-0.25, -0.2) is 0 Å². The first kappa shape index (κ1) is 34.3. The molecule has 0 aromatic heterocycles. The van der Waals surface area contributed by atoms with Gasteiger partial charge in [0.15, 0.2) is 0 Å². The Morgan fingerprint density at radius 2 is 0.805 bits per heavy atom. The van der Waals surface area contributed by atoms with Crippen LogP contribution in [-0.2, 0) is 4.79 Å². The summed E-state index contributed by atoms with van der Waals surface area (Å²) in [5.41, 5.74) is -0.419. The highest BCUT2D eigenvalue weighted by Gasteiger charge is 2.95. The Morgan fingerprint density at radius 1 is 0.512 bits per heavy atom. The van der Waals surface area contributed by atoms with Crippen molar-refractivity contribution < 1.29 is 75.0 Å². The average molecular weight is 646 g/mol. The molecule has 0 aliphatic carbocycles. The molecule has 0 saturated heterocycles. The fraction of sp³-hybridized carbons (Fsp3) is 0.409. The lowest BCUT2D eigenvalue weighted by Gasteiger charge is -2.42. The first-order valence-electron chi connectivity index (χ1n) is 10.4. The van der Waals surface area contributed by atoms with Crippen LogP contribution in [0.1, 0.15) is 17.2 Å². The fourth-order valence-electron chi connectivity index (χ4n) is 3.18. The second-order valence-corrected chi connectivity index (χ2v) is 8.72. The molecule has 0 fully saturated rings. The van der Waals surface area contributed by atoms with Crippen molar-refractivity contribution in [2.45, 2.75) is 52.9 Å². The first-order valence-corrected chi connectivity index (χ1v) is 10.7. The van der Waals surface area contributed by atoms with E-state index in [1.54, 1.807) is 0 Å². The van der Waals surface area contributed by atoms with E-state index in [-0.39, 0.29) is 11.1 Å². The van der Waals surface area contributed by atoms with Crippen molar-refractivity contribution in [3.63, 3.8) is 0 Å². The van der Waals surface area contributed by atoms with E-state index < -0.39 is 58.8 Å². The summed E-state index contributed by atoms with van der Waals surface area (Å²) in [4.78, 5) is 12.1. The van der Waals surface area contributed by atoms with Crippen molar-refractivity contribution in [3.05, 3.63) is 71.8 Å². The van der Waals surface area contributed by atoms with Gasteiger partial charge in [-0.15, -0.1) is 0 Å². The summed E-state index contributed by atoms with van der Waals surface area (Å²) in [6.07, 6.45) is 0. The third kappa shape index (κ3) is 5.16. The van der Waals surface area contributed by atoms with Crippen molar-refractivity contribution >= 4 is 17.5 Å². The zero-order valence-corrected chi connectivity index (χ0v) is 19.9. The summed E-state index contributed by atoms with van der Waals surface area (Å²) < 4.78 is 219. The number of nitrogens with one attached hydrogen (secondary N) is 1. The van der Waals surface area contributed by atoms with Crippen LogP contribution in [0.3, 0.4) is 0 Å². The van der Waals surface area contributed by atoms with Crippen LogP contribution in [0.2, 0.25) is 0 Å². The summed E-state index contributed by atoms with van der Waals surface area (Å²) in [5, 5.41) is -5.76. The minimum atomic E-state index is -8.65. The van der Waals surface area contributed by atoms with Crippen LogP contribution >= 0.6 is 11.6 Å². The Bertz CT molecular complexity index is 1180. The van der Waals surface area contributed by atoms with Gasteiger partial charge in [-0.05, 0) is 22.7 Å². The van der Waals surface area contributed by atoms with E-state index in [2.05, 4.69) is 11.6 Å². The molecule has 0 atom stereocenters. The Hall–Kier alpha value is -2.92. The van der Waals surface area contributed by atoms with Gasteiger partial charge < -0.3 is 5.32 Å². The molecule has 0 radical (unpaired) electrons. The van der Waals surface area contributed by atoms with E-state index in [9.17, 15) is 75.0 Å². The summed E-state index contributed by atoms with van der Waals surface area (Å²) in [7, 11) is 0. The van der Waals surface area contributed by atoms with Gasteiger partial charge in [0.1, 0.15) is 0 Å². The number of hydrogen-bond donors (Lipinski definition) is 1. The number of carbonyl (C=O) groups is 1. The lowest BCUT2D eigenvalue weighted by atomic mass is 9.88. The van der Waals surface area contributed by atoms with Gasteiger partial charge >= 0.3 is 46.8 Å². The second kappa shape index (κ2) is 10.4. The van der Waals surface area contributed by atoms with E-state index in [4.69, 9.17) is 0 Å². The van der Waals surface area contributed by atoms with Gasteiger partial charge in [0.2, 0.25) is 0 Å². The molecular weight excluding hydrogens is 634 g/mol. The lowest BCUT2D eigenvalue weighted by molar-refractivity contribution is -0.446. The summed E-state index contributed by atoms with van der Waals surface area (Å²) >= 11 is 3.48. The molecule has 2 nitrogen and oxygen atoms in total. The smallest absolute Gasteiger partial charge is 0.340 e. The predicted octanol–water partition coefficient (Wildman–Crippen LogP) is 8.17. The van der Waals surface area contributed by atoms with Crippen LogP contribution < -0.4 is 5.32 Å². The lowest BCUT2D eigenvalue weighted by Crippen LogP contribution is -2.75. The third-order valence-electron chi connectivity index (χ3n) is 5.55. The molecule has 0 spiro atoms. The van der Waals surface area contributed by atoms with Crippen LogP contribution in [0.4, 0.5) is 70.2 Å². The predicted molar refractivity (Wildman–Crippen MR) is 108 cm³/mol. The quantitative estimate of drug-likeness (QED) is 0.194. The molecule has 1 amide bonds. The minimum Gasteiger partial charge on any atom is -0.340 e. The topological polar surface area (TPSA) is 29.1 Å². The van der Waals surface area contributed by atoms with E-state index in [1.165, 1.54) is 36.4 Å². The maximum absolute atomic E-state index is 14.4. The van der Waals surface area contributed by atoms with Gasteiger partial charge in [-0.3, -0.25) is 4.79 Å². The third-order valence-corrected chi connectivity index (χ3v) is 5.79. The molecule has 41 heavy (non-hydrogen) atoms. The summed E-state index contributed by atoms with van der Waals surface area (Å²) in [6.45, 7) is 0. The Morgan fingerprint density at radius 3 is 1.12 bits per heavy atom. The maximum atomic E-state index is 14.4. The second-order valence-electron chi connectivity index (χ2n) is 8.25. The molecule has 2 rings (SSSR count). The van der Waals surface area contributed by atoms with Crippen LogP contribution in [0.5, 0.6) is 0 Å². The zero-order valence-electron chi connectivity index (χ0n) is 19.2. The molecular formula is C22H12ClF16NO. The van der Waals surface area contributed by atoms with Gasteiger partial charge in [0, 0.05) is 0 Å². The van der Waals surface area contributed by atoms with Gasteiger partial charge in [-0.2, -0.15) is 70.2 Å². The molecule has 19 heteroatoms. The number of benzene rings is 2. The molecule has 0 aliphatic heterocycles. The van der Waals surface area contributed by atoms with E-state index in [0.717, 1.165) is 29.6 Å². The van der Waals surface area contributed by atoms with Crippen LogP contribution in [-0.4, -0.2) is 52.7 Å². The molecule has 2 aromatic carbocycles. The number of amides is 1. The van der Waals surface area contributed by atoms with Crippen molar-refractivity contribution in [3.8, 4) is 0 Å². The van der Waals surface area contributed by atoms with E-state index in [0.29, 0.717) is 0 Å². The van der Waals surface area contributed by atoms with Crippen molar-refractivity contribution in [2.24, 2.45) is 0 Å². The standard InChI is InChI=1S/C22H12ClF16NO/c23-22(38,39)21(36,37)20(34,35)19(32,33)18(30,31)17(28,29)16(26,27)15(24,25)14(41)40-13(11-7-3-1-4-8-11)12-9-5-2-6-10-12/h1-10,13H,(H,40,41). The monoisotopic (exact) mass is 645 g/mol. The highest BCUT2D eigenvalue weighted by molar-refractivity contribution is 6.22. The normalized spacial score (nSPS) is 14.8.